The molecule has 0 aliphatic heterocycles. The Hall–Kier alpha value is -4.49. The highest BCUT2D eigenvalue weighted by Gasteiger charge is 2.15. The van der Waals surface area contributed by atoms with Gasteiger partial charge in [-0.05, 0) is 46.9 Å². The highest BCUT2D eigenvalue weighted by Crippen LogP contribution is 2.27. The number of nitriles is 1. The van der Waals surface area contributed by atoms with Crippen LogP contribution in [0.1, 0.15) is 38.3 Å². The van der Waals surface area contributed by atoms with Crippen molar-refractivity contribution >= 4 is 11.9 Å². The van der Waals surface area contributed by atoms with Gasteiger partial charge in [0.25, 0.3) is 0 Å². The number of carbonyl (C=O) groups is 1. The Labute approximate surface area is 199 Å². The third-order valence-corrected chi connectivity index (χ3v) is 5.73. The summed E-state index contributed by atoms with van der Waals surface area (Å²) < 4.78 is 5.98. The number of ketones is 1. The van der Waals surface area contributed by atoms with Crippen molar-refractivity contribution in [3.8, 4) is 22.9 Å². The quantitative estimate of drug-likeness (QED) is 0.288. The second-order valence-electron chi connectivity index (χ2n) is 7.97. The Balaban J connectivity index is 1.55. The number of carbonyl (C=O) groups excluding carboxylic acids is 1. The second kappa shape index (κ2) is 10.4. The van der Waals surface area contributed by atoms with Gasteiger partial charge in [0.15, 0.2) is 5.78 Å². The van der Waals surface area contributed by atoms with E-state index in [1.807, 2.05) is 49.4 Å². The first-order valence-electron chi connectivity index (χ1n) is 11.0. The number of pyridine rings is 1. The van der Waals surface area contributed by atoms with Crippen molar-refractivity contribution in [1.82, 2.24) is 4.98 Å². The lowest BCUT2D eigenvalue weighted by Crippen LogP contribution is -2.09. The van der Waals surface area contributed by atoms with Gasteiger partial charge in [0.1, 0.15) is 18.1 Å². The van der Waals surface area contributed by atoms with Crippen LogP contribution in [0.25, 0.3) is 17.2 Å². The lowest BCUT2D eigenvalue weighted by molar-refractivity contribution is 0.0987. The van der Waals surface area contributed by atoms with E-state index in [1.54, 1.807) is 30.5 Å². The summed E-state index contributed by atoms with van der Waals surface area (Å²) in [5.74, 6) is 0.450. The Bertz CT molecular complexity index is 1380. The fourth-order valence-electron chi connectivity index (χ4n) is 3.84. The van der Waals surface area contributed by atoms with E-state index in [0.717, 1.165) is 27.8 Å². The van der Waals surface area contributed by atoms with Gasteiger partial charge < -0.3 is 4.74 Å². The molecule has 4 rings (SSSR count). The molecule has 0 amide bonds. The Morgan fingerprint density at radius 1 is 1.06 bits per heavy atom. The highest BCUT2D eigenvalue weighted by atomic mass is 16.5. The number of Topliss-reactive ketones (excluding diaryl/α,β-unsaturated/α-hetero) is 1. The lowest BCUT2D eigenvalue weighted by atomic mass is 9.93. The minimum Gasteiger partial charge on any atom is -0.488 e. The molecule has 1 heterocycles. The van der Waals surface area contributed by atoms with E-state index >= 15 is 0 Å². The van der Waals surface area contributed by atoms with Gasteiger partial charge in [-0.3, -0.25) is 9.78 Å². The first kappa shape index (κ1) is 22.7. The monoisotopic (exact) mass is 444 g/mol. The molecule has 0 atom stereocenters. The molecule has 0 aliphatic carbocycles. The number of rotatable bonds is 8. The summed E-state index contributed by atoms with van der Waals surface area (Å²) in [5, 5.41) is 9.10. The van der Waals surface area contributed by atoms with Crippen molar-refractivity contribution in [2.75, 3.05) is 0 Å². The van der Waals surface area contributed by atoms with Gasteiger partial charge in [0, 0.05) is 24.2 Å². The van der Waals surface area contributed by atoms with E-state index in [1.165, 1.54) is 0 Å². The molecule has 4 heteroatoms. The first-order chi connectivity index (χ1) is 16.6. The second-order valence-corrected chi connectivity index (χ2v) is 7.97. The minimum absolute atomic E-state index is 0.0831. The summed E-state index contributed by atoms with van der Waals surface area (Å²) in [6, 6.07) is 27.2. The van der Waals surface area contributed by atoms with Crippen LogP contribution in [0.15, 0.2) is 91.6 Å². The van der Waals surface area contributed by atoms with Gasteiger partial charge in [-0.1, -0.05) is 73.3 Å². The van der Waals surface area contributed by atoms with Gasteiger partial charge >= 0.3 is 0 Å². The van der Waals surface area contributed by atoms with Crippen LogP contribution >= 0.6 is 0 Å². The van der Waals surface area contributed by atoms with Gasteiger partial charge in [0.05, 0.1) is 11.6 Å². The number of aromatic nitrogens is 1. The van der Waals surface area contributed by atoms with Crippen LogP contribution in [0.5, 0.6) is 5.75 Å². The SMILES string of the molecule is C=Cc1cnc(C(=O)Cc2cccc(-c3ccccc3)c2C)cc1OCc1cccc(C#N)c1. The molecule has 0 radical (unpaired) electrons. The largest absolute Gasteiger partial charge is 0.488 e. The number of hydrogen-bond donors (Lipinski definition) is 0. The van der Waals surface area contributed by atoms with E-state index < -0.39 is 0 Å². The van der Waals surface area contributed by atoms with Crippen molar-refractivity contribution in [2.24, 2.45) is 0 Å². The van der Waals surface area contributed by atoms with Crippen LogP contribution in [-0.4, -0.2) is 10.8 Å². The molecule has 4 nitrogen and oxygen atoms in total. The molecule has 1 aromatic heterocycles. The lowest BCUT2D eigenvalue weighted by Gasteiger charge is -2.13. The zero-order valence-corrected chi connectivity index (χ0v) is 19.0. The molecular formula is C30H24N2O2. The molecule has 0 saturated heterocycles. The molecule has 0 saturated carbocycles. The number of nitrogens with zero attached hydrogens (tertiary/aromatic N) is 2. The molecular weight excluding hydrogens is 420 g/mol. The molecule has 0 aliphatic rings. The predicted octanol–water partition coefficient (Wildman–Crippen LogP) is 6.58. The van der Waals surface area contributed by atoms with Crippen molar-refractivity contribution < 1.29 is 9.53 Å². The molecule has 166 valence electrons. The van der Waals surface area contributed by atoms with Crippen molar-refractivity contribution in [1.29, 1.82) is 5.26 Å². The fourth-order valence-corrected chi connectivity index (χ4v) is 3.84. The molecule has 0 bridgehead atoms. The van der Waals surface area contributed by atoms with Crippen LogP contribution in [0.2, 0.25) is 0 Å². The van der Waals surface area contributed by atoms with Crippen LogP contribution in [-0.2, 0) is 13.0 Å². The summed E-state index contributed by atoms with van der Waals surface area (Å²) in [4.78, 5) is 17.5. The highest BCUT2D eigenvalue weighted by molar-refractivity contribution is 5.96. The van der Waals surface area contributed by atoms with E-state index in [0.29, 0.717) is 22.6 Å². The molecule has 0 fully saturated rings. The standard InChI is InChI=1S/C30H24N2O2/c1-3-24-19-32-28(17-30(24)34-20-23-10-7-9-22(15-23)18-31)29(33)16-26-13-8-14-27(21(26)2)25-11-5-4-6-12-25/h3-15,17,19H,1,16,20H2,2H3. The summed E-state index contributed by atoms with van der Waals surface area (Å²) in [7, 11) is 0. The van der Waals surface area contributed by atoms with Crippen molar-refractivity contribution in [3.63, 3.8) is 0 Å². The molecule has 3 aromatic carbocycles. The Morgan fingerprint density at radius 3 is 2.62 bits per heavy atom. The van der Waals surface area contributed by atoms with Crippen molar-refractivity contribution in [2.45, 2.75) is 20.0 Å². The predicted molar refractivity (Wildman–Crippen MR) is 134 cm³/mol. The average molecular weight is 445 g/mol. The number of benzene rings is 3. The Morgan fingerprint density at radius 2 is 1.85 bits per heavy atom. The average Bonchev–Trinajstić information content (AvgIpc) is 2.89. The fraction of sp³-hybridized carbons (Fsp3) is 0.100. The minimum atomic E-state index is -0.0831. The summed E-state index contributed by atoms with van der Waals surface area (Å²) in [6.45, 7) is 6.13. The maximum Gasteiger partial charge on any atom is 0.185 e. The van der Waals surface area contributed by atoms with E-state index in [9.17, 15) is 4.79 Å². The maximum atomic E-state index is 13.1. The molecule has 0 N–H and O–H groups in total. The van der Waals surface area contributed by atoms with E-state index in [4.69, 9.17) is 10.00 Å². The Kier molecular flexibility index (Phi) is 6.95. The smallest absolute Gasteiger partial charge is 0.185 e. The van der Waals surface area contributed by atoms with Gasteiger partial charge in [-0.15, -0.1) is 0 Å². The summed E-state index contributed by atoms with van der Waals surface area (Å²) in [5.41, 5.74) is 6.78. The van der Waals surface area contributed by atoms with Crippen LogP contribution in [0, 0.1) is 18.3 Å². The topological polar surface area (TPSA) is 63.0 Å². The first-order valence-corrected chi connectivity index (χ1v) is 11.0. The molecule has 0 unspecified atom stereocenters. The summed E-state index contributed by atoms with van der Waals surface area (Å²) in [6.07, 6.45) is 3.50. The number of hydrogen-bond acceptors (Lipinski definition) is 4. The zero-order valence-electron chi connectivity index (χ0n) is 19.0. The molecule has 34 heavy (non-hydrogen) atoms. The third kappa shape index (κ3) is 5.11. The van der Waals surface area contributed by atoms with E-state index in [-0.39, 0.29) is 18.8 Å². The van der Waals surface area contributed by atoms with Gasteiger partial charge in [0.2, 0.25) is 0 Å². The van der Waals surface area contributed by atoms with Crippen LogP contribution in [0.4, 0.5) is 0 Å². The van der Waals surface area contributed by atoms with Crippen LogP contribution < -0.4 is 4.74 Å². The summed E-state index contributed by atoms with van der Waals surface area (Å²) >= 11 is 0. The van der Waals surface area contributed by atoms with Crippen molar-refractivity contribution in [3.05, 3.63) is 125 Å². The van der Waals surface area contributed by atoms with Gasteiger partial charge in [-0.25, -0.2) is 0 Å². The number of ether oxygens (including phenoxy) is 1. The van der Waals surface area contributed by atoms with E-state index in [2.05, 4.69) is 35.8 Å². The zero-order chi connectivity index (χ0) is 23.9. The normalized spacial score (nSPS) is 10.4. The molecule has 0 spiro atoms. The maximum absolute atomic E-state index is 13.1. The van der Waals surface area contributed by atoms with Gasteiger partial charge in [-0.2, -0.15) is 5.26 Å². The van der Waals surface area contributed by atoms with Crippen LogP contribution in [0.3, 0.4) is 0 Å². The third-order valence-electron chi connectivity index (χ3n) is 5.73. The molecule has 4 aromatic rings.